The molecule has 0 aliphatic carbocycles. The first-order valence-corrected chi connectivity index (χ1v) is 5.35. The van der Waals surface area contributed by atoms with Gasteiger partial charge in [0.05, 0.1) is 19.6 Å². The van der Waals surface area contributed by atoms with Gasteiger partial charge < -0.3 is 14.7 Å². The molecule has 4 nitrogen and oxygen atoms in total. The number of nitrogens with zero attached hydrogens (tertiary/aromatic N) is 1. The average Bonchev–Trinajstić information content (AvgIpc) is 2.75. The van der Waals surface area contributed by atoms with Gasteiger partial charge in [0, 0.05) is 19.2 Å². The largest absolute Gasteiger partial charge is 0.493 e. The first kappa shape index (κ1) is 11.0. The maximum atomic E-state index is 11.6. The van der Waals surface area contributed by atoms with Crippen LogP contribution in [0.15, 0.2) is 18.2 Å². The molecule has 1 aromatic rings. The molecule has 0 bridgehead atoms. The number of carbonyl (C=O) groups excluding carboxylic acids is 1. The van der Waals surface area contributed by atoms with E-state index in [-0.39, 0.29) is 18.9 Å². The van der Waals surface area contributed by atoms with Crippen molar-refractivity contribution in [3.63, 3.8) is 0 Å². The minimum Gasteiger partial charge on any atom is -0.493 e. The summed E-state index contributed by atoms with van der Waals surface area (Å²) in [5.74, 6) is 0.827. The van der Waals surface area contributed by atoms with Crippen LogP contribution in [0, 0.1) is 0 Å². The fourth-order valence-electron chi connectivity index (χ4n) is 1.79. The van der Waals surface area contributed by atoms with E-state index in [9.17, 15) is 4.79 Å². The predicted octanol–water partition coefficient (Wildman–Crippen LogP) is 0.967. The summed E-state index contributed by atoms with van der Waals surface area (Å²) in [5.41, 5.74) is 1.99. The van der Waals surface area contributed by atoms with E-state index in [0.717, 1.165) is 23.4 Å². The van der Waals surface area contributed by atoms with Gasteiger partial charge in [-0.1, -0.05) is 0 Å². The second-order valence-corrected chi connectivity index (χ2v) is 3.82. The Kier molecular flexibility index (Phi) is 3.10. The van der Waals surface area contributed by atoms with Gasteiger partial charge in [-0.15, -0.1) is 0 Å². The van der Waals surface area contributed by atoms with E-state index in [1.165, 1.54) is 0 Å². The lowest BCUT2D eigenvalue weighted by Crippen LogP contribution is -2.26. The maximum absolute atomic E-state index is 11.6. The fourth-order valence-corrected chi connectivity index (χ4v) is 1.79. The highest BCUT2D eigenvalue weighted by Gasteiger charge is 2.15. The Morgan fingerprint density at radius 3 is 3.12 bits per heavy atom. The van der Waals surface area contributed by atoms with Gasteiger partial charge in [-0.2, -0.15) is 0 Å². The van der Waals surface area contributed by atoms with E-state index in [1.54, 1.807) is 11.9 Å². The van der Waals surface area contributed by atoms with Crippen LogP contribution in [-0.2, 0) is 11.2 Å². The molecule has 0 spiro atoms. The van der Waals surface area contributed by atoms with Gasteiger partial charge in [-0.25, -0.2) is 0 Å². The summed E-state index contributed by atoms with van der Waals surface area (Å²) < 4.78 is 5.40. The SMILES string of the molecule is CN(C(=O)CCO)c1ccc2c(c1)CCO2. The summed E-state index contributed by atoms with van der Waals surface area (Å²) in [6.45, 7) is 0.602. The zero-order valence-electron chi connectivity index (χ0n) is 9.27. The van der Waals surface area contributed by atoms with Crippen molar-refractivity contribution in [3.8, 4) is 5.75 Å². The smallest absolute Gasteiger partial charge is 0.229 e. The normalized spacial score (nSPS) is 13.1. The second-order valence-electron chi connectivity index (χ2n) is 3.82. The molecule has 0 fully saturated rings. The molecular weight excluding hydrogens is 206 g/mol. The lowest BCUT2D eigenvalue weighted by Gasteiger charge is -2.17. The topological polar surface area (TPSA) is 49.8 Å². The van der Waals surface area contributed by atoms with Crippen molar-refractivity contribution in [1.29, 1.82) is 0 Å². The quantitative estimate of drug-likeness (QED) is 0.827. The first-order valence-electron chi connectivity index (χ1n) is 5.35. The molecule has 0 radical (unpaired) electrons. The molecule has 1 aliphatic heterocycles. The molecule has 1 aliphatic rings. The van der Waals surface area contributed by atoms with Crippen LogP contribution in [0.3, 0.4) is 0 Å². The molecule has 0 saturated carbocycles. The van der Waals surface area contributed by atoms with Crippen LogP contribution in [-0.4, -0.2) is 31.3 Å². The summed E-state index contributed by atoms with van der Waals surface area (Å²) in [7, 11) is 1.72. The van der Waals surface area contributed by atoms with E-state index in [4.69, 9.17) is 9.84 Å². The molecule has 2 rings (SSSR count). The fraction of sp³-hybridized carbons (Fsp3) is 0.417. The number of benzene rings is 1. The Balaban J connectivity index is 2.18. The number of anilines is 1. The lowest BCUT2D eigenvalue weighted by atomic mass is 10.1. The average molecular weight is 221 g/mol. The van der Waals surface area contributed by atoms with Crippen LogP contribution in [0.25, 0.3) is 0 Å². The van der Waals surface area contributed by atoms with Crippen molar-refractivity contribution in [2.24, 2.45) is 0 Å². The van der Waals surface area contributed by atoms with Gasteiger partial charge >= 0.3 is 0 Å². The Labute approximate surface area is 94.4 Å². The molecule has 4 heteroatoms. The Morgan fingerprint density at radius 1 is 1.56 bits per heavy atom. The van der Waals surface area contributed by atoms with Crippen molar-refractivity contribution in [2.75, 3.05) is 25.2 Å². The molecule has 86 valence electrons. The summed E-state index contributed by atoms with van der Waals surface area (Å²) in [6, 6.07) is 5.72. The number of hydrogen-bond acceptors (Lipinski definition) is 3. The zero-order chi connectivity index (χ0) is 11.5. The van der Waals surface area contributed by atoms with Crippen LogP contribution in [0.4, 0.5) is 5.69 Å². The molecule has 0 saturated heterocycles. The van der Waals surface area contributed by atoms with Crippen LogP contribution < -0.4 is 9.64 Å². The number of aliphatic hydroxyl groups excluding tert-OH is 1. The molecule has 0 aromatic heterocycles. The van der Waals surface area contributed by atoms with Crippen molar-refractivity contribution in [3.05, 3.63) is 23.8 Å². The van der Waals surface area contributed by atoms with E-state index in [2.05, 4.69) is 0 Å². The monoisotopic (exact) mass is 221 g/mol. The zero-order valence-corrected chi connectivity index (χ0v) is 9.27. The maximum Gasteiger partial charge on any atom is 0.229 e. The van der Waals surface area contributed by atoms with Gasteiger partial charge in [0.1, 0.15) is 5.75 Å². The minimum atomic E-state index is -0.114. The molecule has 0 unspecified atom stereocenters. The number of ether oxygens (including phenoxy) is 1. The van der Waals surface area contributed by atoms with E-state index in [0.29, 0.717) is 6.61 Å². The van der Waals surface area contributed by atoms with Gasteiger partial charge in [0.25, 0.3) is 0 Å². The van der Waals surface area contributed by atoms with E-state index < -0.39 is 0 Å². The van der Waals surface area contributed by atoms with Gasteiger partial charge in [-0.05, 0) is 23.8 Å². The third kappa shape index (κ3) is 2.02. The Bertz CT molecular complexity index is 403. The third-order valence-electron chi connectivity index (χ3n) is 2.76. The summed E-state index contributed by atoms with van der Waals surface area (Å²) in [4.78, 5) is 13.1. The van der Waals surface area contributed by atoms with Gasteiger partial charge in [0.2, 0.25) is 5.91 Å². The summed E-state index contributed by atoms with van der Waals surface area (Å²) >= 11 is 0. The van der Waals surface area contributed by atoms with Crippen molar-refractivity contribution in [2.45, 2.75) is 12.8 Å². The number of amides is 1. The first-order chi connectivity index (χ1) is 7.72. The lowest BCUT2D eigenvalue weighted by molar-refractivity contribution is -0.118. The highest BCUT2D eigenvalue weighted by Crippen LogP contribution is 2.29. The molecule has 1 N–H and O–H groups in total. The molecule has 1 aromatic carbocycles. The van der Waals surface area contributed by atoms with E-state index in [1.807, 2.05) is 18.2 Å². The third-order valence-corrected chi connectivity index (χ3v) is 2.76. The number of hydrogen-bond donors (Lipinski definition) is 1. The molecule has 16 heavy (non-hydrogen) atoms. The number of fused-ring (bicyclic) bond motifs is 1. The summed E-state index contributed by atoms with van der Waals surface area (Å²) in [6.07, 6.45) is 1.05. The predicted molar refractivity (Wildman–Crippen MR) is 60.8 cm³/mol. The molecular formula is C12H15NO3. The molecule has 0 atom stereocenters. The van der Waals surface area contributed by atoms with Crippen molar-refractivity contribution >= 4 is 11.6 Å². The number of carbonyl (C=O) groups is 1. The standard InChI is InChI=1S/C12H15NO3/c1-13(12(15)4-6-14)10-2-3-11-9(8-10)5-7-16-11/h2-3,8,14H,4-7H2,1H3. The molecule has 1 heterocycles. The minimum absolute atomic E-state index is 0.0821. The van der Waals surface area contributed by atoms with Crippen molar-refractivity contribution in [1.82, 2.24) is 0 Å². The highest BCUT2D eigenvalue weighted by atomic mass is 16.5. The number of rotatable bonds is 3. The number of aliphatic hydroxyl groups is 1. The highest BCUT2D eigenvalue weighted by molar-refractivity contribution is 5.93. The Hall–Kier alpha value is -1.55. The van der Waals surface area contributed by atoms with Crippen LogP contribution >= 0.6 is 0 Å². The van der Waals surface area contributed by atoms with Crippen LogP contribution in [0.5, 0.6) is 5.75 Å². The summed E-state index contributed by atoms with van der Waals surface area (Å²) in [5, 5.41) is 8.72. The second kappa shape index (κ2) is 4.53. The van der Waals surface area contributed by atoms with Crippen molar-refractivity contribution < 1.29 is 14.6 Å². The Morgan fingerprint density at radius 2 is 2.38 bits per heavy atom. The van der Waals surface area contributed by atoms with Crippen LogP contribution in [0.1, 0.15) is 12.0 Å². The van der Waals surface area contributed by atoms with Crippen LogP contribution in [0.2, 0.25) is 0 Å². The molecule has 1 amide bonds. The van der Waals surface area contributed by atoms with Gasteiger partial charge in [-0.3, -0.25) is 4.79 Å². The van der Waals surface area contributed by atoms with E-state index >= 15 is 0 Å². The van der Waals surface area contributed by atoms with Gasteiger partial charge in [0.15, 0.2) is 0 Å².